The minimum absolute atomic E-state index is 0.00638. The van der Waals surface area contributed by atoms with Crippen molar-refractivity contribution in [3.8, 4) is 11.4 Å². The number of benzene rings is 3. The summed E-state index contributed by atoms with van der Waals surface area (Å²) in [6.07, 6.45) is 3.45. The number of hydrogen-bond acceptors (Lipinski definition) is 17. The molecule has 0 radical (unpaired) electrons. The van der Waals surface area contributed by atoms with E-state index in [-0.39, 0.29) is 68.7 Å². The zero-order valence-corrected chi connectivity index (χ0v) is 51.1. The number of halogens is 2. The van der Waals surface area contributed by atoms with Crippen molar-refractivity contribution in [2.24, 2.45) is 11.8 Å². The first kappa shape index (κ1) is 64.5. The average Bonchev–Trinajstić information content (AvgIpc) is 1.79. The molecule has 2 aliphatic heterocycles. The van der Waals surface area contributed by atoms with Gasteiger partial charge in [0.1, 0.15) is 59.5 Å². The lowest BCUT2D eigenvalue weighted by Gasteiger charge is -2.37. The van der Waals surface area contributed by atoms with Gasteiger partial charge in [0.2, 0.25) is 12.6 Å². The molecule has 0 aliphatic carbocycles. The highest BCUT2D eigenvalue weighted by molar-refractivity contribution is 5.86. The average molecular weight is 1210 g/mol. The number of aromatic nitrogens is 7. The Morgan fingerprint density at radius 1 is 0.897 bits per heavy atom. The molecule has 2 saturated heterocycles. The SMILES string of the molecule is CC[C@@H]([C@H](C)O)n1ncn(-c2ccc(N3CCN(c4ccc(OC[C@@H]5CO[C@@](Cn6c[n+](C(C)OC(=O)N(C)c7ncccc7COC(=O)[C@H](CCNC(=O)OC(C)(C)C)CC(=O)OC(C)(C)C)cn6)(c6ccc(F)cc6F)C5)cc4)CC3)cc2)c1=O. The summed E-state index contributed by atoms with van der Waals surface area (Å²) in [5, 5.41) is 21.5. The molecule has 2 N–H and O–H groups in total. The highest BCUT2D eigenvalue weighted by Gasteiger charge is 2.47. The Kier molecular flexibility index (Phi) is 20.7. The Balaban J connectivity index is 0.840. The summed E-state index contributed by atoms with van der Waals surface area (Å²) in [4.78, 5) is 75.7. The van der Waals surface area contributed by atoms with Gasteiger partial charge in [0.25, 0.3) is 6.33 Å². The predicted molar refractivity (Wildman–Crippen MR) is 316 cm³/mol. The van der Waals surface area contributed by atoms with Crippen LogP contribution in [-0.4, -0.2) is 129 Å². The number of anilines is 3. The standard InChI is InChI=1S/C62H79F2N11O12/c1-11-53(41(2)76)75-58(80)74(39-68-75)49-17-15-47(16-18-49)70-27-29-71(30-28-70)48-19-21-50(22-20-48)82-34-43-33-62(84-35-43,51-23-14-46(63)32-52(51)64)37-73-40-72(38-67-73)42(3)85-59(81)69(10)55-45(13-12-25-65-55)36-83-56(78)44(31-54(77)86-60(4,5)6)24-26-66-57(79)87-61(7,8)9/h12-23,25,32,38-44,53,76H,11,24,26-31,33-37H2,1-10H3/p+1/t41-,42?,43+,44+,53-,62-/m0/s1. The highest BCUT2D eigenvalue weighted by Crippen LogP contribution is 2.42. The molecular formula is C62H80F2N11O12+. The molecule has 6 atom stereocenters. The van der Waals surface area contributed by atoms with Crippen LogP contribution in [0.2, 0.25) is 0 Å². The molecule has 3 aromatic heterocycles. The first-order chi connectivity index (χ1) is 41.3. The van der Waals surface area contributed by atoms with Gasteiger partial charge in [0.15, 0.2) is 0 Å². The Morgan fingerprint density at radius 2 is 1.55 bits per heavy atom. The number of pyridine rings is 1. The van der Waals surface area contributed by atoms with E-state index in [0.29, 0.717) is 29.8 Å². The van der Waals surface area contributed by atoms with E-state index in [0.717, 1.165) is 48.5 Å². The van der Waals surface area contributed by atoms with Gasteiger partial charge in [0, 0.05) is 92.5 Å². The van der Waals surface area contributed by atoms with Crippen LogP contribution in [0.4, 0.5) is 35.6 Å². The number of aliphatic hydroxyl groups is 1. The fraction of sp³-hybridized carbons (Fsp3) is 0.500. The molecular weight excluding hydrogens is 1130 g/mol. The maximum absolute atomic E-state index is 15.8. The van der Waals surface area contributed by atoms with Crippen LogP contribution < -0.4 is 35.0 Å². The number of carbonyl (C=O) groups excluding carboxylic acids is 4. The zero-order chi connectivity index (χ0) is 62.8. The van der Waals surface area contributed by atoms with E-state index < -0.39 is 76.9 Å². The van der Waals surface area contributed by atoms with E-state index in [4.69, 9.17) is 28.4 Å². The molecule has 2 fully saturated rings. The summed E-state index contributed by atoms with van der Waals surface area (Å²) in [5.41, 5.74) is 0.159. The van der Waals surface area contributed by atoms with E-state index in [9.17, 15) is 33.5 Å². The van der Waals surface area contributed by atoms with Crippen molar-refractivity contribution in [1.82, 2.24) is 34.4 Å². The van der Waals surface area contributed by atoms with Gasteiger partial charge in [-0.25, -0.2) is 37.4 Å². The lowest BCUT2D eigenvalue weighted by molar-refractivity contribution is -0.753. The fourth-order valence-electron chi connectivity index (χ4n) is 10.6. The Hall–Kier alpha value is -8.45. The van der Waals surface area contributed by atoms with Gasteiger partial charge in [-0.05, 0) is 128 Å². The van der Waals surface area contributed by atoms with Crippen molar-refractivity contribution < 1.29 is 66.1 Å². The van der Waals surface area contributed by atoms with Crippen LogP contribution >= 0.6 is 0 Å². The van der Waals surface area contributed by atoms with E-state index in [1.54, 1.807) is 73.8 Å². The number of hydrogen-bond donors (Lipinski definition) is 2. The lowest BCUT2D eigenvalue weighted by atomic mass is 9.87. The summed E-state index contributed by atoms with van der Waals surface area (Å²) in [6, 6.07) is 21.9. The van der Waals surface area contributed by atoms with Crippen molar-refractivity contribution in [2.45, 2.75) is 136 Å². The number of piperazine rings is 1. The molecule has 5 heterocycles. The fourth-order valence-corrected chi connectivity index (χ4v) is 10.6. The minimum Gasteiger partial charge on any atom is -0.493 e. The molecule has 3 aromatic carbocycles. The van der Waals surface area contributed by atoms with Crippen molar-refractivity contribution >= 4 is 41.3 Å². The van der Waals surface area contributed by atoms with Crippen molar-refractivity contribution in [1.29, 1.82) is 0 Å². The van der Waals surface area contributed by atoms with E-state index in [1.165, 1.54) is 56.5 Å². The van der Waals surface area contributed by atoms with Crippen LogP contribution in [0.5, 0.6) is 5.75 Å². The van der Waals surface area contributed by atoms with Crippen molar-refractivity contribution in [2.75, 3.05) is 67.7 Å². The molecule has 6 aromatic rings. The third-order valence-corrected chi connectivity index (χ3v) is 14.9. The highest BCUT2D eigenvalue weighted by atomic mass is 19.1. The van der Waals surface area contributed by atoms with Gasteiger partial charge in [0.05, 0.1) is 43.4 Å². The molecule has 0 bridgehead atoms. The van der Waals surface area contributed by atoms with E-state index in [2.05, 4.69) is 30.3 Å². The normalized spacial score (nSPS) is 17.6. The van der Waals surface area contributed by atoms with Crippen molar-refractivity contribution in [3.63, 3.8) is 0 Å². The summed E-state index contributed by atoms with van der Waals surface area (Å²) >= 11 is 0. The molecule has 2 amide bonds. The number of nitrogens with one attached hydrogen (secondary N) is 1. The van der Waals surface area contributed by atoms with Crippen LogP contribution in [0.3, 0.4) is 0 Å². The lowest BCUT2D eigenvalue weighted by Crippen LogP contribution is -2.46. The molecule has 468 valence electrons. The van der Waals surface area contributed by atoms with Gasteiger partial charge >= 0.3 is 29.8 Å². The van der Waals surface area contributed by atoms with Gasteiger partial charge < -0.3 is 48.6 Å². The zero-order valence-electron chi connectivity index (χ0n) is 51.1. The van der Waals surface area contributed by atoms with Gasteiger partial charge in [-0.1, -0.05) is 19.1 Å². The second-order valence-corrected chi connectivity index (χ2v) is 24.0. The minimum atomic E-state index is -1.28. The van der Waals surface area contributed by atoms with Gasteiger partial charge in [-0.15, -0.1) is 4.68 Å². The Bertz CT molecular complexity index is 3370. The van der Waals surface area contributed by atoms with E-state index in [1.807, 2.05) is 55.5 Å². The monoisotopic (exact) mass is 1210 g/mol. The van der Waals surface area contributed by atoms with Crippen LogP contribution in [0.1, 0.15) is 111 Å². The third kappa shape index (κ3) is 17.0. The first-order valence-electron chi connectivity index (χ1n) is 29.2. The summed E-state index contributed by atoms with van der Waals surface area (Å²) in [5.74, 6) is -3.27. The second-order valence-electron chi connectivity index (χ2n) is 24.0. The van der Waals surface area contributed by atoms with Crippen LogP contribution in [0, 0.1) is 23.5 Å². The first-order valence-corrected chi connectivity index (χ1v) is 29.2. The number of alkyl carbamates (subject to hydrolysis) is 1. The number of amides is 2. The predicted octanol–water partition coefficient (Wildman–Crippen LogP) is 7.96. The summed E-state index contributed by atoms with van der Waals surface area (Å²) in [6.45, 7) is 18.8. The topological polar surface area (TPSA) is 240 Å². The smallest absolute Gasteiger partial charge is 0.418 e. The maximum Gasteiger partial charge on any atom is 0.418 e. The maximum atomic E-state index is 15.8. The molecule has 0 spiro atoms. The number of aliphatic hydroxyl groups excluding tert-OH is 1. The molecule has 87 heavy (non-hydrogen) atoms. The Labute approximate surface area is 504 Å². The molecule has 1 unspecified atom stereocenters. The summed E-state index contributed by atoms with van der Waals surface area (Å²) < 4.78 is 71.1. The number of carbonyl (C=O) groups is 4. The molecule has 0 saturated carbocycles. The summed E-state index contributed by atoms with van der Waals surface area (Å²) in [7, 11) is 1.44. The largest absolute Gasteiger partial charge is 0.493 e. The quantitative estimate of drug-likeness (QED) is 0.0351. The van der Waals surface area contributed by atoms with Gasteiger partial charge in [-0.2, -0.15) is 9.67 Å². The molecule has 23 nitrogen and oxygen atoms in total. The number of esters is 2. The van der Waals surface area contributed by atoms with Crippen LogP contribution in [0.25, 0.3) is 5.69 Å². The molecule has 8 rings (SSSR count). The number of nitrogens with zero attached hydrogens (tertiary/aromatic N) is 10. The molecule has 25 heteroatoms. The number of rotatable bonds is 23. The van der Waals surface area contributed by atoms with E-state index >= 15 is 4.39 Å². The second kappa shape index (κ2) is 27.9. The van der Waals surface area contributed by atoms with Crippen LogP contribution in [0.15, 0.2) is 109 Å². The number of ether oxygens (including phenoxy) is 6. The molecule has 2 aliphatic rings. The Morgan fingerprint density at radius 3 is 2.18 bits per heavy atom. The van der Waals surface area contributed by atoms with Crippen molar-refractivity contribution in [3.05, 3.63) is 137 Å². The van der Waals surface area contributed by atoms with Crippen LogP contribution in [-0.2, 0) is 52.0 Å². The third-order valence-electron chi connectivity index (χ3n) is 14.9. The van der Waals surface area contributed by atoms with Gasteiger partial charge in [-0.3, -0.25) is 14.5 Å².